The predicted molar refractivity (Wildman–Crippen MR) is 95.8 cm³/mol. The third-order valence-corrected chi connectivity index (χ3v) is 5.71. The SMILES string of the molecule is CN(C(=O)c1cnc(-c2ccccc2)s1)C1CCCCCCC1. The minimum atomic E-state index is 0.121. The van der Waals surface area contributed by atoms with E-state index in [-0.39, 0.29) is 5.91 Å². The zero-order valence-corrected chi connectivity index (χ0v) is 14.5. The van der Waals surface area contributed by atoms with Crippen molar-refractivity contribution in [2.75, 3.05) is 7.05 Å². The first-order chi connectivity index (χ1) is 11.3. The lowest BCUT2D eigenvalue weighted by Gasteiger charge is -2.29. The van der Waals surface area contributed by atoms with Crippen molar-refractivity contribution in [2.45, 2.75) is 51.0 Å². The fourth-order valence-electron chi connectivity index (χ4n) is 3.25. The molecule has 122 valence electrons. The second-order valence-corrected chi connectivity index (χ2v) is 7.34. The number of aromatic nitrogens is 1. The summed E-state index contributed by atoms with van der Waals surface area (Å²) in [6.07, 6.45) is 10.4. The highest BCUT2D eigenvalue weighted by Gasteiger charge is 2.23. The van der Waals surface area contributed by atoms with Crippen molar-refractivity contribution in [3.63, 3.8) is 0 Å². The topological polar surface area (TPSA) is 33.2 Å². The standard InChI is InChI=1S/C19H24N2OS/c1-21(16-12-8-3-2-4-9-13-16)19(22)17-14-20-18(23-17)15-10-6-5-7-11-15/h5-7,10-11,14,16H,2-4,8-9,12-13H2,1H3. The van der Waals surface area contributed by atoms with Crippen LogP contribution in [0.3, 0.4) is 0 Å². The quantitative estimate of drug-likeness (QED) is 0.795. The molecule has 4 heteroatoms. The predicted octanol–water partition coefficient (Wildman–Crippen LogP) is 5.00. The van der Waals surface area contributed by atoms with Crippen molar-refractivity contribution >= 4 is 17.2 Å². The molecule has 0 bridgehead atoms. The molecule has 1 aliphatic rings. The van der Waals surface area contributed by atoms with Crippen LogP contribution in [0.15, 0.2) is 36.5 Å². The molecule has 1 fully saturated rings. The molecule has 0 radical (unpaired) electrons. The van der Waals surface area contributed by atoms with E-state index in [4.69, 9.17) is 0 Å². The number of rotatable bonds is 3. The molecule has 0 spiro atoms. The van der Waals surface area contributed by atoms with Gasteiger partial charge in [-0.1, -0.05) is 62.4 Å². The van der Waals surface area contributed by atoms with Crippen LogP contribution in [0.5, 0.6) is 0 Å². The molecule has 1 amide bonds. The average Bonchev–Trinajstić information content (AvgIpc) is 3.04. The van der Waals surface area contributed by atoms with Gasteiger partial charge in [0.15, 0.2) is 0 Å². The zero-order valence-electron chi connectivity index (χ0n) is 13.7. The number of carbonyl (C=O) groups is 1. The summed E-state index contributed by atoms with van der Waals surface area (Å²) >= 11 is 1.49. The third-order valence-electron chi connectivity index (χ3n) is 4.68. The number of thiazole rings is 1. The van der Waals surface area contributed by atoms with Gasteiger partial charge in [0.05, 0.1) is 6.20 Å². The molecule has 1 saturated carbocycles. The van der Waals surface area contributed by atoms with Gasteiger partial charge in [0.2, 0.25) is 0 Å². The molecule has 23 heavy (non-hydrogen) atoms. The normalized spacial score (nSPS) is 16.6. The summed E-state index contributed by atoms with van der Waals surface area (Å²) in [6, 6.07) is 10.4. The summed E-state index contributed by atoms with van der Waals surface area (Å²) in [5.74, 6) is 0.121. The Morgan fingerprint density at radius 2 is 1.74 bits per heavy atom. The maximum Gasteiger partial charge on any atom is 0.265 e. The van der Waals surface area contributed by atoms with E-state index >= 15 is 0 Å². The number of carbonyl (C=O) groups excluding carboxylic acids is 1. The molecule has 3 nitrogen and oxygen atoms in total. The number of nitrogens with zero attached hydrogens (tertiary/aromatic N) is 2. The summed E-state index contributed by atoms with van der Waals surface area (Å²) in [6.45, 7) is 0. The van der Waals surface area contributed by atoms with Crippen molar-refractivity contribution in [1.82, 2.24) is 9.88 Å². The molecule has 3 rings (SSSR count). The van der Waals surface area contributed by atoms with Crippen LogP contribution >= 0.6 is 11.3 Å². The van der Waals surface area contributed by atoms with E-state index in [1.54, 1.807) is 6.20 Å². The van der Waals surface area contributed by atoms with Gasteiger partial charge in [0.1, 0.15) is 9.88 Å². The minimum absolute atomic E-state index is 0.121. The van der Waals surface area contributed by atoms with Crippen LogP contribution < -0.4 is 0 Å². The first-order valence-electron chi connectivity index (χ1n) is 8.54. The Bertz CT molecular complexity index is 630. The summed E-state index contributed by atoms with van der Waals surface area (Å²) in [7, 11) is 1.95. The molecule has 0 unspecified atom stereocenters. The minimum Gasteiger partial charge on any atom is -0.338 e. The number of hydrogen-bond donors (Lipinski definition) is 0. The lowest BCUT2D eigenvalue weighted by Crippen LogP contribution is -2.37. The Morgan fingerprint density at radius 1 is 1.09 bits per heavy atom. The van der Waals surface area contributed by atoms with Crippen molar-refractivity contribution in [1.29, 1.82) is 0 Å². The fourth-order valence-corrected chi connectivity index (χ4v) is 4.15. The molecule has 0 N–H and O–H groups in total. The van der Waals surface area contributed by atoms with Crippen LogP contribution in [0.4, 0.5) is 0 Å². The number of amides is 1. The summed E-state index contributed by atoms with van der Waals surface area (Å²) in [5, 5.41) is 0.917. The molecular formula is C19H24N2OS. The van der Waals surface area contributed by atoms with Crippen molar-refractivity contribution in [2.24, 2.45) is 0 Å². The Labute approximate surface area is 142 Å². The average molecular weight is 328 g/mol. The van der Waals surface area contributed by atoms with Crippen LogP contribution in [0, 0.1) is 0 Å². The van der Waals surface area contributed by atoms with Crippen LogP contribution in [0.2, 0.25) is 0 Å². The first kappa shape index (κ1) is 16.2. The molecule has 0 aliphatic heterocycles. The molecule has 0 saturated heterocycles. The van der Waals surface area contributed by atoms with Gasteiger partial charge >= 0.3 is 0 Å². The van der Waals surface area contributed by atoms with Gasteiger partial charge in [-0.05, 0) is 12.8 Å². The van der Waals surface area contributed by atoms with Crippen molar-refractivity contribution < 1.29 is 4.79 Å². The van der Waals surface area contributed by atoms with E-state index < -0.39 is 0 Å². The molecule has 1 aliphatic carbocycles. The van der Waals surface area contributed by atoms with Gasteiger partial charge in [0.25, 0.3) is 5.91 Å². The number of benzene rings is 1. The number of hydrogen-bond acceptors (Lipinski definition) is 3. The van der Waals surface area contributed by atoms with Gasteiger partial charge in [-0.25, -0.2) is 4.98 Å². The summed E-state index contributed by atoms with van der Waals surface area (Å²) in [4.78, 5) is 19.9. The Balaban J connectivity index is 1.71. The summed E-state index contributed by atoms with van der Waals surface area (Å²) in [5.41, 5.74) is 1.07. The third kappa shape index (κ3) is 3.99. The fraction of sp³-hybridized carbons (Fsp3) is 0.474. The molecule has 1 heterocycles. The van der Waals surface area contributed by atoms with E-state index in [1.807, 2.05) is 42.3 Å². The Kier molecular flexibility index (Phi) is 5.44. The van der Waals surface area contributed by atoms with Crippen molar-refractivity contribution in [3.8, 4) is 10.6 Å². The Morgan fingerprint density at radius 3 is 2.43 bits per heavy atom. The summed E-state index contributed by atoms with van der Waals surface area (Å²) < 4.78 is 0. The molecular weight excluding hydrogens is 304 g/mol. The van der Waals surface area contributed by atoms with Gasteiger partial charge in [-0.2, -0.15) is 0 Å². The highest BCUT2D eigenvalue weighted by molar-refractivity contribution is 7.16. The van der Waals surface area contributed by atoms with E-state index in [2.05, 4.69) is 4.98 Å². The highest BCUT2D eigenvalue weighted by atomic mass is 32.1. The van der Waals surface area contributed by atoms with E-state index in [0.717, 1.165) is 28.3 Å². The largest absolute Gasteiger partial charge is 0.338 e. The van der Waals surface area contributed by atoms with Gasteiger partial charge in [0, 0.05) is 18.7 Å². The van der Waals surface area contributed by atoms with E-state index in [0.29, 0.717) is 6.04 Å². The second kappa shape index (κ2) is 7.73. The smallest absolute Gasteiger partial charge is 0.265 e. The zero-order chi connectivity index (χ0) is 16.1. The molecule has 1 aromatic carbocycles. The van der Waals surface area contributed by atoms with Crippen LogP contribution in [-0.2, 0) is 0 Å². The van der Waals surface area contributed by atoms with E-state index in [1.165, 1.54) is 43.4 Å². The van der Waals surface area contributed by atoms with Crippen LogP contribution in [0.25, 0.3) is 10.6 Å². The maximum absolute atomic E-state index is 12.8. The monoisotopic (exact) mass is 328 g/mol. The lowest BCUT2D eigenvalue weighted by atomic mass is 9.96. The van der Waals surface area contributed by atoms with Crippen molar-refractivity contribution in [3.05, 3.63) is 41.4 Å². The van der Waals surface area contributed by atoms with Gasteiger partial charge in [-0.3, -0.25) is 4.79 Å². The van der Waals surface area contributed by atoms with Crippen LogP contribution in [-0.4, -0.2) is 28.9 Å². The molecule has 1 aromatic heterocycles. The van der Waals surface area contributed by atoms with E-state index in [9.17, 15) is 4.79 Å². The Hall–Kier alpha value is -1.68. The first-order valence-corrected chi connectivity index (χ1v) is 9.36. The highest BCUT2D eigenvalue weighted by Crippen LogP contribution is 2.27. The van der Waals surface area contributed by atoms with Gasteiger partial charge < -0.3 is 4.90 Å². The lowest BCUT2D eigenvalue weighted by molar-refractivity contribution is 0.0711. The second-order valence-electron chi connectivity index (χ2n) is 6.31. The van der Waals surface area contributed by atoms with Gasteiger partial charge in [-0.15, -0.1) is 11.3 Å². The maximum atomic E-state index is 12.8. The van der Waals surface area contributed by atoms with Crippen LogP contribution in [0.1, 0.15) is 54.6 Å². The molecule has 2 aromatic rings. The molecule has 0 atom stereocenters.